The molecule has 78 heavy (non-hydrogen) atoms. The van der Waals surface area contributed by atoms with E-state index in [-0.39, 0.29) is 80.1 Å². The minimum atomic E-state index is -1.60. The van der Waals surface area contributed by atoms with E-state index in [4.69, 9.17) is 18.9 Å². The van der Waals surface area contributed by atoms with Crippen LogP contribution in [0.2, 0.25) is 0 Å². The molecule has 0 aliphatic carbocycles. The van der Waals surface area contributed by atoms with Crippen LogP contribution in [0.4, 0.5) is 0 Å². The molecule has 1 saturated heterocycles. The fourth-order valence-electron chi connectivity index (χ4n) is 9.32. The van der Waals surface area contributed by atoms with Crippen LogP contribution in [0.3, 0.4) is 0 Å². The van der Waals surface area contributed by atoms with Gasteiger partial charge in [-0.3, -0.25) is 19.2 Å². The fourth-order valence-corrected chi connectivity index (χ4v) is 9.32. The molecule has 2 heterocycles. The number of nitriles is 2. The third-order valence-corrected chi connectivity index (χ3v) is 13.7. The molecule has 2 aromatic carbocycles. The number of benzene rings is 2. The monoisotopic (exact) mass is 1080 g/mol. The normalized spacial score (nSPS) is 23.3. The number of likely N-dealkylation sites (N-methyl/N-ethyl adjacent to an activating group) is 4. The van der Waals surface area contributed by atoms with E-state index < -0.39 is 96.1 Å². The number of cyclic esters (lactones) is 4. The summed E-state index contributed by atoms with van der Waals surface area (Å²) < 4.78 is 25.5. The lowest BCUT2D eigenvalue weighted by Gasteiger charge is -2.35. The number of hydrogen-bond acceptors (Lipinski definition) is 14. The summed E-state index contributed by atoms with van der Waals surface area (Å²) in [5.74, 6) is -7.65. The zero-order valence-corrected chi connectivity index (χ0v) is 47.8. The summed E-state index contributed by atoms with van der Waals surface area (Å²) in [6.45, 7) is 17.5. The summed E-state index contributed by atoms with van der Waals surface area (Å²) in [5, 5.41) is 19.3. The number of hydrogen-bond donors (Lipinski definition) is 0. The Morgan fingerprint density at radius 3 is 1.04 bits per heavy atom. The highest BCUT2D eigenvalue weighted by Crippen LogP contribution is 2.25. The largest absolute Gasteiger partial charge is 0.451 e. The smallest absolute Gasteiger partial charge is 0.329 e. The molecule has 19 heteroatoms. The summed E-state index contributed by atoms with van der Waals surface area (Å²) in [5.41, 5.74) is 2.45. The van der Waals surface area contributed by atoms with E-state index in [1.165, 1.54) is 42.0 Å². The number of esters is 4. The molecule has 0 unspecified atom stereocenters. The van der Waals surface area contributed by atoms with Crippen molar-refractivity contribution >= 4 is 47.5 Å². The van der Waals surface area contributed by atoms with Crippen molar-refractivity contribution in [3.8, 4) is 12.1 Å². The Morgan fingerprint density at radius 2 is 0.718 bits per heavy atom. The minimum Gasteiger partial charge on any atom is -0.451 e. The number of ether oxygens (including phenoxy) is 4. The van der Waals surface area contributed by atoms with Gasteiger partial charge in [0, 0.05) is 47.6 Å². The Labute approximate surface area is 459 Å². The molecular weight excluding hydrogens is 999 g/mol. The molecule has 1 aliphatic rings. The molecule has 3 aromatic rings. The standard InChI is InChI=1S/C59H79N7O12/c1-35(2)26-46-56(71)75-40(10)53(68)63(12)49(29-38(7)8)59(74)78-51(31-42-20-22-43(23-21-42)34-66-44(32-60)24-25-45(66)33-61)55(70)65(14)47(27-36(3)4)57(72)76-39(9)52(67)62(11)48(28-37(5)6)58(73)77-50(54(69)64(46)13)30-41-18-16-15-17-19-41/h15-25,35-40,46-51H,26-31,34H2,1-14H3/t39-,40-,46+,47+,48+,49+,50-,51-/m1/s1. The summed E-state index contributed by atoms with van der Waals surface area (Å²) in [6, 6.07) is 17.8. The molecule has 0 radical (unpaired) electrons. The molecule has 422 valence electrons. The Morgan fingerprint density at radius 1 is 0.423 bits per heavy atom. The number of carbonyl (C=O) groups is 8. The first kappa shape index (κ1) is 63.0. The number of carbonyl (C=O) groups excluding carboxylic acids is 8. The lowest BCUT2D eigenvalue weighted by molar-refractivity contribution is -0.176. The van der Waals surface area contributed by atoms with Crippen LogP contribution >= 0.6 is 0 Å². The predicted molar refractivity (Wildman–Crippen MR) is 288 cm³/mol. The van der Waals surface area contributed by atoms with Gasteiger partial charge in [0.25, 0.3) is 23.6 Å². The maximum atomic E-state index is 15.0. The second-order valence-electron chi connectivity index (χ2n) is 22.0. The van der Waals surface area contributed by atoms with Crippen LogP contribution in [0.1, 0.15) is 123 Å². The van der Waals surface area contributed by atoms with E-state index >= 15 is 0 Å². The first-order valence-corrected chi connectivity index (χ1v) is 26.7. The lowest BCUT2D eigenvalue weighted by atomic mass is 9.99. The van der Waals surface area contributed by atoms with Crippen LogP contribution in [0.15, 0.2) is 66.7 Å². The topological polar surface area (TPSA) is 239 Å². The average Bonchev–Trinajstić information content (AvgIpc) is 3.80. The van der Waals surface area contributed by atoms with Crippen LogP contribution in [-0.2, 0) is 76.7 Å². The van der Waals surface area contributed by atoms with E-state index in [0.29, 0.717) is 16.7 Å². The van der Waals surface area contributed by atoms with Crippen molar-refractivity contribution < 1.29 is 57.3 Å². The molecule has 0 N–H and O–H groups in total. The van der Waals surface area contributed by atoms with Gasteiger partial charge in [0.2, 0.25) is 0 Å². The summed E-state index contributed by atoms with van der Waals surface area (Å²) in [7, 11) is 5.47. The molecule has 8 atom stereocenters. The molecule has 0 spiro atoms. The molecule has 4 rings (SSSR count). The summed E-state index contributed by atoms with van der Waals surface area (Å²) in [6.07, 6.45) is -6.14. The van der Waals surface area contributed by atoms with Crippen molar-refractivity contribution in [1.82, 2.24) is 24.2 Å². The minimum absolute atomic E-state index is 0.0530. The fraction of sp³-hybridized carbons (Fsp3) is 0.559. The van der Waals surface area contributed by atoms with Gasteiger partial charge >= 0.3 is 23.9 Å². The predicted octanol–water partition coefficient (Wildman–Crippen LogP) is 6.26. The van der Waals surface area contributed by atoms with Gasteiger partial charge < -0.3 is 43.1 Å². The maximum absolute atomic E-state index is 15.0. The molecule has 1 aliphatic heterocycles. The Hall–Kier alpha value is -7.54. The SMILES string of the molecule is CC(C)C[C@H]1C(=O)O[C@H](Cc2ccc(Cn3c(C#N)ccc3C#N)cc2)C(=O)N(C)[C@@H](CC(C)C)C(=O)O[C@H](C)C(=O)N(C)[C@@H](CC(C)C)C(=O)O[C@H](Cc2ccccc2)C(=O)N(C)[C@@H](CC(C)C)C(=O)O[C@H](C)C(=O)N1C. The van der Waals surface area contributed by atoms with E-state index in [1.807, 2.05) is 55.4 Å². The van der Waals surface area contributed by atoms with Crippen molar-refractivity contribution in [2.24, 2.45) is 23.7 Å². The van der Waals surface area contributed by atoms with Gasteiger partial charge in [0.1, 0.15) is 47.7 Å². The second-order valence-corrected chi connectivity index (χ2v) is 22.0. The highest BCUT2D eigenvalue weighted by Gasteiger charge is 2.43. The Balaban J connectivity index is 1.87. The van der Waals surface area contributed by atoms with Crippen molar-refractivity contribution in [3.05, 3.63) is 94.8 Å². The first-order valence-electron chi connectivity index (χ1n) is 26.7. The molecule has 4 amide bonds. The van der Waals surface area contributed by atoms with Crippen LogP contribution in [0.25, 0.3) is 0 Å². The third kappa shape index (κ3) is 17.0. The zero-order chi connectivity index (χ0) is 58.3. The van der Waals surface area contributed by atoms with E-state index in [2.05, 4.69) is 12.1 Å². The van der Waals surface area contributed by atoms with Gasteiger partial charge in [-0.15, -0.1) is 0 Å². The van der Waals surface area contributed by atoms with Crippen LogP contribution < -0.4 is 0 Å². The Bertz CT molecular complexity index is 2620. The highest BCUT2D eigenvalue weighted by atomic mass is 16.6. The van der Waals surface area contributed by atoms with Crippen LogP contribution in [0, 0.1) is 46.3 Å². The van der Waals surface area contributed by atoms with Gasteiger partial charge in [-0.05, 0) is 92.0 Å². The third-order valence-electron chi connectivity index (χ3n) is 13.7. The quantitative estimate of drug-likeness (QED) is 0.128. The van der Waals surface area contributed by atoms with Gasteiger partial charge in [-0.25, -0.2) is 19.2 Å². The molecule has 19 nitrogen and oxygen atoms in total. The van der Waals surface area contributed by atoms with Gasteiger partial charge in [0.15, 0.2) is 24.4 Å². The average molecular weight is 1080 g/mol. The first-order chi connectivity index (χ1) is 36.7. The summed E-state index contributed by atoms with van der Waals surface area (Å²) in [4.78, 5) is 121. The maximum Gasteiger partial charge on any atom is 0.329 e. The number of nitrogens with zero attached hydrogens (tertiary/aromatic N) is 7. The van der Waals surface area contributed by atoms with Gasteiger partial charge in [-0.1, -0.05) is 110 Å². The molecule has 0 bridgehead atoms. The van der Waals surface area contributed by atoms with Crippen molar-refractivity contribution in [3.63, 3.8) is 0 Å². The Kier molecular flexibility index (Phi) is 23.2. The summed E-state index contributed by atoms with van der Waals surface area (Å²) >= 11 is 0. The van der Waals surface area contributed by atoms with Crippen molar-refractivity contribution in [2.75, 3.05) is 28.2 Å². The van der Waals surface area contributed by atoms with Crippen LogP contribution in [-0.4, -0.2) is 148 Å². The van der Waals surface area contributed by atoms with E-state index in [0.717, 1.165) is 19.6 Å². The number of amides is 4. The van der Waals surface area contributed by atoms with Crippen molar-refractivity contribution in [1.29, 1.82) is 10.5 Å². The zero-order valence-electron chi connectivity index (χ0n) is 47.8. The van der Waals surface area contributed by atoms with E-state index in [1.54, 1.807) is 71.3 Å². The van der Waals surface area contributed by atoms with Crippen LogP contribution in [0.5, 0.6) is 0 Å². The van der Waals surface area contributed by atoms with Gasteiger partial charge in [0.05, 0.1) is 0 Å². The number of aromatic nitrogens is 1. The van der Waals surface area contributed by atoms with E-state index in [9.17, 15) is 48.9 Å². The number of rotatable bonds is 14. The molecular formula is C59H79N7O12. The molecule has 1 aromatic heterocycles. The lowest BCUT2D eigenvalue weighted by Crippen LogP contribution is -2.55. The van der Waals surface area contributed by atoms with Crippen molar-refractivity contribution in [2.45, 2.75) is 163 Å². The molecule has 0 saturated carbocycles. The highest BCUT2D eigenvalue weighted by molar-refractivity contribution is 5.94. The second kappa shape index (κ2) is 28.7. The van der Waals surface area contributed by atoms with Gasteiger partial charge in [-0.2, -0.15) is 10.5 Å². The molecule has 1 fully saturated rings.